The van der Waals surface area contributed by atoms with Crippen molar-refractivity contribution < 1.29 is 14.1 Å². The zero-order valence-corrected chi connectivity index (χ0v) is 10.6. The average Bonchev–Trinajstić information content (AvgIpc) is 2.37. The van der Waals surface area contributed by atoms with Crippen LogP contribution in [0.4, 0.5) is 15.8 Å². The largest absolute Gasteiger partial charge is 0.349 e. The highest BCUT2D eigenvalue weighted by Gasteiger charge is 2.24. The third kappa shape index (κ3) is 3.38. The predicted octanol–water partition coefficient (Wildman–Crippen LogP) is 1.55. The molecule has 1 aromatic carbocycles. The van der Waals surface area contributed by atoms with Crippen LogP contribution in [0.25, 0.3) is 0 Å². The van der Waals surface area contributed by atoms with Crippen molar-refractivity contribution in [1.29, 1.82) is 0 Å². The highest BCUT2D eigenvalue weighted by atomic mass is 19.1. The first-order chi connectivity index (χ1) is 8.90. The molecule has 0 bridgehead atoms. The molecule has 1 amide bonds. The van der Waals surface area contributed by atoms with E-state index in [1.165, 1.54) is 0 Å². The van der Waals surface area contributed by atoms with Crippen molar-refractivity contribution in [2.75, 3.05) is 5.43 Å². The van der Waals surface area contributed by atoms with Crippen molar-refractivity contribution in [3.8, 4) is 0 Å². The second kappa shape index (κ2) is 6.10. The molecule has 0 aliphatic rings. The van der Waals surface area contributed by atoms with Crippen LogP contribution < -0.4 is 16.6 Å². The van der Waals surface area contributed by atoms with Gasteiger partial charge in [0, 0.05) is 6.04 Å². The molecule has 1 aromatic rings. The summed E-state index contributed by atoms with van der Waals surface area (Å²) in [7, 11) is 0. The van der Waals surface area contributed by atoms with Gasteiger partial charge in [-0.1, -0.05) is 6.92 Å². The molecule has 0 saturated heterocycles. The van der Waals surface area contributed by atoms with E-state index in [-0.39, 0.29) is 17.3 Å². The van der Waals surface area contributed by atoms with Gasteiger partial charge in [-0.25, -0.2) is 4.39 Å². The number of amides is 1. The topological polar surface area (TPSA) is 110 Å². The van der Waals surface area contributed by atoms with Gasteiger partial charge in [-0.05, 0) is 19.4 Å². The van der Waals surface area contributed by atoms with E-state index in [4.69, 9.17) is 5.84 Å². The monoisotopic (exact) mass is 270 g/mol. The third-order valence-corrected chi connectivity index (χ3v) is 2.67. The molecule has 1 rings (SSSR count). The van der Waals surface area contributed by atoms with E-state index in [0.29, 0.717) is 12.5 Å². The number of nitro groups is 1. The lowest BCUT2D eigenvalue weighted by molar-refractivity contribution is -0.385. The Hall–Kier alpha value is -2.22. The molecule has 0 saturated carbocycles. The second-order valence-electron chi connectivity index (χ2n) is 4.03. The quantitative estimate of drug-likeness (QED) is 0.427. The Kier molecular flexibility index (Phi) is 4.76. The van der Waals surface area contributed by atoms with Crippen LogP contribution >= 0.6 is 0 Å². The number of hydrazine groups is 1. The molecule has 0 spiro atoms. The first-order valence-electron chi connectivity index (χ1n) is 5.66. The van der Waals surface area contributed by atoms with Gasteiger partial charge in [0.1, 0.15) is 5.56 Å². The van der Waals surface area contributed by atoms with Crippen LogP contribution in [0, 0.1) is 15.9 Å². The minimum absolute atomic E-state index is 0.147. The van der Waals surface area contributed by atoms with Crippen molar-refractivity contribution in [3.05, 3.63) is 33.6 Å². The Morgan fingerprint density at radius 3 is 2.68 bits per heavy atom. The first-order valence-corrected chi connectivity index (χ1v) is 5.66. The zero-order chi connectivity index (χ0) is 14.6. The fraction of sp³-hybridized carbons (Fsp3) is 0.364. The molecule has 0 aromatic heterocycles. The number of nitrogen functional groups attached to an aromatic ring is 1. The van der Waals surface area contributed by atoms with E-state index in [9.17, 15) is 19.3 Å². The van der Waals surface area contributed by atoms with Crippen LogP contribution in [-0.4, -0.2) is 16.9 Å². The molecular weight excluding hydrogens is 255 g/mol. The Bertz CT molecular complexity index is 507. The smallest absolute Gasteiger partial charge is 0.285 e. The Morgan fingerprint density at radius 2 is 2.21 bits per heavy atom. The summed E-state index contributed by atoms with van der Waals surface area (Å²) in [5, 5.41) is 13.4. The average molecular weight is 270 g/mol. The number of carbonyl (C=O) groups excluding carboxylic acids is 1. The molecule has 1 atom stereocenters. The number of nitrogens with zero attached hydrogens (tertiary/aromatic N) is 1. The molecule has 4 N–H and O–H groups in total. The molecule has 8 heteroatoms. The Morgan fingerprint density at radius 1 is 1.58 bits per heavy atom. The normalized spacial score (nSPS) is 11.8. The molecule has 7 nitrogen and oxygen atoms in total. The number of anilines is 1. The molecule has 0 heterocycles. The fourth-order valence-corrected chi connectivity index (χ4v) is 1.41. The molecule has 0 fully saturated rings. The van der Waals surface area contributed by atoms with Gasteiger partial charge in [-0.2, -0.15) is 0 Å². The summed E-state index contributed by atoms with van der Waals surface area (Å²) in [5.41, 5.74) is 1.03. The van der Waals surface area contributed by atoms with Crippen LogP contribution in [0.15, 0.2) is 12.1 Å². The summed E-state index contributed by atoms with van der Waals surface area (Å²) < 4.78 is 13.4. The maximum atomic E-state index is 13.4. The Balaban J connectivity index is 3.23. The zero-order valence-electron chi connectivity index (χ0n) is 10.6. The van der Waals surface area contributed by atoms with Gasteiger partial charge in [-0.15, -0.1) is 0 Å². The van der Waals surface area contributed by atoms with Crippen molar-refractivity contribution in [3.63, 3.8) is 0 Å². The molecule has 19 heavy (non-hydrogen) atoms. The van der Waals surface area contributed by atoms with E-state index in [2.05, 4.69) is 5.32 Å². The van der Waals surface area contributed by atoms with Crippen LogP contribution in [0.1, 0.15) is 30.6 Å². The Labute approximate surface area is 109 Å². The van der Waals surface area contributed by atoms with E-state index >= 15 is 0 Å². The van der Waals surface area contributed by atoms with Crippen molar-refractivity contribution in [2.24, 2.45) is 5.84 Å². The number of nitrogens with one attached hydrogen (secondary N) is 2. The summed E-state index contributed by atoms with van der Waals surface area (Å²) in [6.45, 7) is 3.62. The second-order valence-corrected chi connectivity index (χ2v) is 4.03. The van der Waals surface area contributed by atoms with Crippen LogP contribution in [-0.2, 0) is 0 Å². The van der Waals surface area contributed by atoms with Gasteiger partial charge in [0.05, 0.1) is 16.7 Å². The van der Waals surface area contributed by atoms with Crippen molar-refractivity contribution >= 4 is 17.3 Å². The highest BCUT2D eigenvalue weighted by Crippen LogP contribution is 2.25. The van der Waals surface area contributed by atoms with Gasteiger partial charge < -0.3 is 10.7 Å². The van der Waals surface area contributed by atoms with E-state index in [0.717, 1.165) is 6.07 Å². The number of rotatable bonds is 5. The fourth-order valence-electron chi connectivity index (χ4n) is 1.41. The lowest BCUT2D eigenvalue weighted by Gasteiger charge is -2.12. The third-order valence-electron chi connectivity index (χ3n) is 2.67. The number of hydrogen-bond acceptors (Lipinski definition) is 5. The summed E-state index contributed by atoms with van der Waals surface area (Å²) in [5.74, 6) is 3.55. The van der Waals surface area contributed by atoms with Gasteiger partial charge in [0.2, 0.25) is 0 Å². The van der Waals surface area contributed by atoms with Crippen molar-refractivity contribution in [2.45, 2.75) is 26.3 Å². The summed E-state index contributed by atoms with van der Waals surface area (Å²) in [6, 6.07) is 1.54. The number of carbonyl (C=O) groups is 1. The summed E-state index contributed by atoms with van der Waals surface area (Å²) in [4.78, 5) is 21.9. The lowest BCUT2D eigenvalue weighted by Crippen LogP contribution is -2.32. The molecule has 104 valence electrons. The van der Waals surface area contributed by atoms with E-state index in [1.54, 1.807) is 6.92 Å². The summed E-state index contributed by atoms with van der Waals surface area (Å²) in [6.07, 6.45) is 0.669. The highest BCUT2D eigenvalue weighted by molar-refractivity contribution is 5.99. The van der Waals surface area contributed by atoms with Gasteiger partial charge in [-0.3, -0.25) is 20.8 Å². The van der Waals surface area contributed by atoms with E-state index in [1.807, 2.05) is 12.3 Å². The lowest BCUT2D eigenvalue weighted by atomic mass is 10.1. The molecule has 0 aliphatic carbocycles. The number of nitro benzene ring substituents is 1. The molecular formula is C11H15FN4O3. The number of nitrogens with two attached hydrogens (primary N) is 1. The van der Waals surface area contributed by atoms with Crippen LogP contribution in [0.2, 0.25) is 0 Å². The number of hydrogen-bond donors (Lipinski definition) is 3. The minimum atomic E-state index is -0.894. The van der Waals surface area contributed by atoms with E-state index < -0.39 is 22.3 Å². The standard InChI is InChI=1S/C11H15FN4O3/c1-3-6(2)14-11(17)7-4-9(15-13)8(12)5-10(7)16(18)19/h4-6,15H,3,13H2,1-2H3,(H,14,17). The van der Waals surface area contributed by atoms with Gasteiger partial charge >= 0.3 is 0 Å². The molecule has 1 unspecified atom stereocenters. The SMILES string of the molecule is CCC(C)NC(=O)c1cc(NN)c(F)cc1[N+](=O)[O-]. The molecule has 0 aliphatic heterocycles. The maximum absolute atomic E-state index is 13.4. The summed E-state index contributed by atoms with van der Waals surface area (Å²) >= 11 is 0. The minimum Gasteiger partial charge on any atom is -0.349 e. The number of benzene rings is 1. The first kappa shape index (κ1) is 14.8. The molecule has 0 radical (unpaired) electrons. The van der Waals surface area contributed by atoms with Crippen LogP contribution in [0.5, 0.6) is 0 Å². The van der Waals surface area contributed by atoms with Gasteiger partial charge in [0.25, 0.3) is 11.6 Å². The predicted molar refractivity (Wildman–Crippen MR) is 68.1 cm³/mol. The maximum Gasteiger partial charge on any atom is 0.285 e. The number of halogens is 1. The van der Waals surface area contributed by atoms with Crippen LogP contribution in [0.3, 0.4) is 0 Å². The van der Waals surface area contributed by atoms with Crippen molar-refractivity contribution in [1.82, 2.24) is 5.32 Å². The van der Waals surface area contributed by atoms with Gasteiger partial charge in [0.15, 0.2) is 5.82 Å².